The Morgan fingerprint density at radius 1 is 1.02 bits per heavy atom. The quantitative estimate of drug-likeness (QED) is 0.253. The van der Waals surface area contributed by atoms with E-state index in [4.69, 9.17) is 4.98 Å². The summed E-state index contributed by atoms with van der Waals surface area (Å²) in [7, 11) is 0. The van der Waals surface area contributed by atoms with Crippen LogP contribution in [0.4, 0.5) is 0 Å². The maximum absolute atomic E-state index is 12.8. The second kappa shape index (κ2) is 13.2. The van der Waals surface area contributed by atoms with Gasteiger partial charge in [0.2, 0.25) is 0 Å². The first-order chi connectivity index (χ1) is 20.9. The van der Waals surface area contributed by atoms with Crippen LogP contribution in [0.15, 0.2) is 73.0 Å². The molecule has 1 saturated carbocycles. The molecule has 2 aromatic heterocycles. The van der Waals surface area contributed by atoms with Crippen LogP contribution in [0.5, 0.6) is 0 Å². The third-order valence-corrected chi connectivity index (χ3v) is 11.2. The molecule has 232 valence electrons. The van der Waals surface area contributed by atoms with Crippen LogP contribution in [0.3, 0.4) is 0 Å². The number of hydrogen-bond donors (Lipinski definition) is 2. The minimum absolute atomic E-state index is 0.0639. The Hall–Kier alpha value is -3.51. The first kappa shape index (κ1) is 31.9. The molecule has 5 nitrogen and oxygen atoms in total. The topological polar surface area (TPSA) is 79.3 Å². The van der Waals surface area contributed by atoms with Crippen molar-refractivity contribution in [1.29, 1.82) is 0 Å². The van der Waals surface area contributed by atoms with Crippen LogP contribution in [-0.2, 0) is 16.6 Å². The van der Waals surface area contributed by atoms with Crippen molar-refractivity contribution in [1.82, 2.24) is 10.3 Å². The zero-order chi connectivity index (χ0) is 31.5. The Morgan fingerprint density at radius 3 is 2.27 bits per heavy atom. The lowest BCUT2D eigenvalue weighted by Crippen LogP contribution is -2.42. The summed E-state index contributed by atoms with van der Waals surface area (Å²) < 4.78 is 0. The number of aliphatic carboxylic acids is 1. The van der Waals surface area contributed by atoms with E-state index in [9.17, 15) is 14.7 Å². The van der Waals surface area contributed by atoms with Crippen LogP contribution < -0.4 is 5.32 Å². The molecule has 2 aliphatic rings. The Kier molecular flexibility index (Phi) is 9.59. The van der Waals surface area contributed by atoms with Gasteiger partial charge in [-0.05, 0) is 76.8 Å². The van der Waals surface area contributed by atoms with Crippen LogP contribution in [-0.4, -0.2) is 28.0 Å². The summed E-state index contributed by atoms with van der Waals surface area (Å²) in [6, 6.07) is 14.6. The predicted molar refractivity (Wildman–Crippen MR) is 181 cm³/mol. The van der Waals surface area contributed by atoms with Crippen molar-refractivity contribution in [3.8, 4) is 11.3 Å². The zero-order valence-electron chi connectivity index (χ0n) is 26.7. The molecule has 2 heterocycles. The van der Waals surface area contributed by atoms with Gasteiger partial charge in [0, 0.05) is 23.1 Å². The van der Waals surface area contributed by atoms with E-state index < -0.39 is 12.0 Å². The van der Waals surface area contributed by atoms with E-state index in [1.54, 1.807) is 6.07 Å². The number of rotatable bonds is 9. The molecular weight excluding hydrogens is 564 g/mol. The number of nitrogens with zero attached hydrogens (tertiary/aromatic N) is 1. The summed E-state index contributed by atoms with van der Waals surface area (Å²) in [5.41, 5.74) is 5.22. The number of aromatic nitrogens is 1. The minimum Gasteiger partial charge on any atom is -0.480 e. The zero-order valence-corrected chi connectivity index (χ0v) is 27.5. The van der Waals surface area contributed by atoms with Crippen LogP contribution in [0.2, 0.25) is 0 Å². The predicted octanol–water partition coefficient (Wildman–Crippen LogP) is 9.10. The van der Waals surface area contributed by atoms with Crippen molar-refractivity contribution in [2.45, 2.75) is 91.0 Å². The lowest BCUT2D eigenvalue weighted by atomic mass is 9.64. The maximum atomic E-state index is 12.8. The fraction of sp³-hybridized carbons (Fsp3) is 0.447. The molecule has 2 aliphatic carbocycles. The number of carboxylic acids is 1. The summed E-state index contributed by atoms with van der Waals surface area (Å²) in [5.74, 6) is 0.281. The van der Waals surface area contributed by atoms with Crippen LogP contribution in [0.1, 0.15) is 98.8 Å². The van der Waals surface area contributed by atoms with Crippen molar-refractivity contribution in [3.63, 3.8) is 0 Å². The van der Waals surface area contributed by atoms with E-state index in [0.717, 1.165) is 45.5 Å². The summed E-state index contributed by atoms with van der Waals surface area (Å²) in [6.07, 6.45) is 17.1. The van der Waals surface area contributed by atoms with E-state index in [0.29, 0.717) is 4.88 Å². The second-order valence-electron chi connectivity index (χ2n) is 13.9. The molecule has 1 fully saturated rings. The first-order valence-corrected chi connectivity index (χ1v) is 16.9. The summed E-state index contributed by atoms with van der Waals surface area (Å²) in [5, 5.41) is 12.5. The summed E-state index contributed by atoms with van der Waals surface area (Å²) in [6.45, 7) is 11.0. The molecule has 1 aromatic carbocycles. The van der Waals surface area contributed by atoms with Gasteiger partial charge in [0.1, 0.15) is 6.04 Å². The van der Waals surface area contributed by atoms with Gasteiger partial charge in [0.15, 0.2) is 0 Å². The third-order valence-electron chi connectivity index (χ3n) is 9.72. The molecule has 1 unspecified atom stereocenters. The molecule has 0 bridgehead atoms. The van der Waals surface area contributed by atoms with Gasteiger partial charge in [0.05, 0.1) is 10.6 Å². The monoisotopic (exact) mass is 610 g/mol. The number of nitrogens with one attached hydrogen (secondary N) is 1. The fourth-order valence-electron chi connectivity index (χ4n) is 6.57. The van der Waals surface area contributed by atoms with E-state index in [1.807, 2.05) is 42.6 Å². The first-order valence-electron chi connectivity index (χ1n) is 16.0. The lowest BCUT2D eigenvalue weighted by molar-refractivity contribution is -0.139. The number of carboxylic acid groups (broad SMARTS) is 1. The Bertz CT molecular complexity index is 1520. The second-order valence-corrected chi connectivity index (χ2v) is 15.0. The normalized spacial score (nSPS) is 22.7. The van der Waals surface area contributed by atoms with Gasteiger partial charge in [-0.15, -0.1) is 11.3 Å². The molecule has 0 spiro atoms. The van der Waals surface area contributed by atoms with Gasteiger partial charge in [-0.3, -0.25) is 9.78 Å². The molecule has 1 amide bonds. The Morgan fingerprint density at radius 2 is 1.73 bits per heavy atom. The molecule has 0 saturated heterocycles. The molecule has 2 atom stereocenters. The smallest absolute Gasteiger partial charge is 0.326 e. The van der Waals surface area contributed by atoms with Crippen molar-refractivity contribution in [3.05, 3.63) is 93.8 Å². The molecular formula is C38H46N2O3S. The highest BCUT2D eigenvalue weighted by atomic mass is 32.1. The van der Waals surface area contributed by atoms with Crippen LogP contribution >= 0.6 is 11.3 Å². The van der Waals surface area contributed by atoms with Crippen LogP contribution in [0, 0.1) is 17.3 Å². The number of pyridine rings is 1. The van der Waals surface area contributed by atoms with E-state index >= 15 is 0 Å². The van der Waals surface area contributed by atoms with E-state index in [1.165, 1.54) is 49.0 Å². The van der Waals surface area contributed by atoms with Gasteiger partial charge in [0.25, 0.3) is 5.91 Å². The number of amides is 1. The molecule has 0 radical (unpaired) electrons. The summed E-state index contributed by atoms with van der Waals surface area (Å²) in [4.78, 5) is 31.2. The average molecular weight is 611 g/mol. The van der Waals surface area contributed by atoms with Crippen molar-refractivity contribution < 1.29 is 14.7 Å². The highest BCUT2D eigenvalue weighted by Crippen LogP contribution is 2.46. The summed E-state index contributed by atoms with van der Waals surface area (Å²) >= 11 is 1.40. The standard InChI is InChI=1S/C38H46N2O3S/c1-6-25-9-14-30(15-10-25)38(5)21-19-27(20-22-38)29-13-16-31(39-24-29)28-11-7-26(8-12-28)23-32(36(42)43)40-35(41)33-17-18-34(44-33)37(2,3)4/h7-8,11-13,16-21,24-25,30,32H,6,9-10,14-15,22-23H2,1-5H3,(H,40,41)(H,42,43)/t25?,30?,32-,38?/m0/s1. The van der Waals surface area contributed by atoms with Crippen molar-refractivity contribution in [2.24, 2.45) is 17.3 Å². The SMILES string of the molecule is CCC1CCC(C2(C)C=CC(c3ccc(-c4ccc(C[C@H](NC(=O)c5ccc(C(C)(C)C)s5)C(=O)O)cc4)nc3)=CC2)CC1. The molecule has 44 heavy (non-hydrogen) atoms. The minimum atomic E-state index is -1.05. The number of carbonyl (C=O) groups excluding carboxylic acids is 1. The maximum Gasteiger partial charge on any atom is 0.326 e. The average Bonchev–Trinajstić information content (AvgIpc) is 3.53. The highest BCUT2D eigenvalue weighted by Gasteiger charge is 2.35. The van der Waals surface area contributed by atoms with Gasteiger partial charge in [-0.25, -0.2) is 4.79 Å². The van der Waals surface area contributed by atoms with Crippen molar-refractivity contribution in [2.75, 3.05) is 0 Å². The number of allylic oxidation sites excluding steroid dienone is 4. The van der Waals surface area contributed by atoms with Crippen LogP contribution in [0.25, 0.3) is 16.8 Å². The van der Waals surface area contributed by atoms with E-state index in [-0.39, 0.29) is 23.2 Å². The highest BCUT2D eigenvalue weighted by molar-refractivity contribution is 7.14. The number of carbonyl (C=O) groups is 2. The van der Waals surface area contributed by atoms with Crippen molar-refractivity contribution >= 4 is 28.8 Å². The van der Waals surface area contributed by atoms with Gasteiger partial charge in [-0.1, -0.05) is 102 Å². The largest absolute Gasteiger partial charge is 0.480 e. The number of hydrogen-bond acceptors (Lipinski definition) is 4. The Balaban J connectivity index is 1.18. The number of benzene rings is 1. The molecule has 0 aliphatic heterocycles. The molecule has 5 rings (SSSR count). The molecule has 6 heteroatoms. The fourth-order valence-corrected chi connectivity index (χ4v) is 7.54. The molecule has 2 N–H and O–H groups in total. The third kappa shape index (κ3) is 7.40. The van der Waals surface area contributed by atoms with Gasteiger partial charge < -0.3 is 10.4 Å². The molecule has 3 aromatic rings. The number of thiophene rings is 1. The van der Waals surface area contributed by atoms with E-state index in [2.05, 4.69) is 64.2 Å². The van der Waals surface area contributed by atoms with Gasteiger partial charge in [-0.2, -0.15) is 0 Å². The lowest BCUT2D eigenvalue weighted by Gasteiger charge is -2.41. The Labute approximate surface area is 266 Å². The van der Waals surface area contributed by atoms with Gasteiger partial charge >= 0.3 is 5.97 Å².